The van der Waals surface area contributed by atoms with E-state index in [2.05, 4.69) is 5.92 Å². The quantitative estimate of drug-likeness (QED) is 0.239. The second-order valence-electron chi connectivity index (χ2n) is 2.39. The smallest absolute Gasteiger partial charge is 0.0163 e. The molecule has 6 heavy (non-hydrogen) atoms. The van der Waals surface area contributed by atoms with E-state index in [-0.39, 0.29) is 0 Å². The summed E-state index contributed by atoms with van der Waals surface area (Å²) < 4.78 is 0.486. The first-order valence-corrected chi connectivity index (χ1v) is 5.04. The van der Waals surface area contributed by atoms with Crippen LogP contribution in [0.1, 0.15) is 0 Å². The molecule has 0 aliphatic rings. The maximum Gasteiger partial charge on any atom is 0.0163 e. The second kappa shape index (κ2) is 1.78. The maximum absolute atomic E-state index is 5.16. The Bertz CT molecular complexity index is 73.0. The van der Waals surface area contributed by atoms with Crippen LogP contribution in [0.2, 0.25) is 4.28 Å². The van der Waals surface area contributed by atoms with Gasteiger partial charge in [0.15, 0.2) is 0 Å². The summed E-state index contributed by atoms with van der Waals surface area (Å²) in [5.74, 6) is 2.79. The normalized spacial score (nSPS) is 19.8. The minimum Gasteiger partial charge on any atom is -0.121 e. The van der Waals surface area contributed by atoms with Gasteiger partial charge in [-0.2, -0.15) is 0 Å². The first-order valence-electron chi connectivity index (χ1n) is 2.04. The highest BCUT2D eigenvalue weighted by Crippen LogP contribution is 2.01. The molecular weight excluding hydrogens is 120 g/mol. The third kappa shape index (κ3) is 4.21. The van der Waals surface area contributed by atoms with Crippen LogP contribution in [0.25, 0.3) is 0 Å². The van der Waals surface area contributed by atoms with E-state index in [9.17, 15) is 0 Å². The van der Waals surface area contributed by atoms with Gasteiger partial charge in [-0.1, -0.05) is 0 Å². The number of hydrogen-bond acceptors (Lipinski definition) is 0. The van der Waals surface area contributed by atoms with E-state index >= 15 is 0 Å². The molecule has 0 radical (unpaired) electrons. The zero-order valence-corrected chi connectivity index (χ0v) is 10.6. The van der Waals surface area contributed by atoms with E-state index < -0.39 is 0 Å². The third-order valence-corrected chi connectivity index (χ3v) is 1.30. The lowest BCUT2D eigenvalue weighted by Gasteiger charge is -2.04. The number of rotatable bonds is 0. The van der Waals surface area contributed by atoms with E-state index in [1.165, 1.54) is 30.7 Å². The third-order valence-electron chi connectivity index (χ3n) is 0.433. The molecule has 0 heterocycles. The molecule has 3 heteroatoms. The fourth-order valence-corrected chi connectivity index (χ4v) is 0. The van der Waals surface area contributed by atoms with Crippen LogP contribution in [0.5, 0.6) is 0 Å². The number of hydrogen-bond donors (Lipinski definition) is 0. The highest BCUT2D eigenvalue weighted by molar-refractivity contribution is 6.61. The van der Waals surface area contributed by atoms with Crippen molar-refractivity contribution in [3.63, 3.8) is 0 Å². The molecule has 0 aromatic carbocycles. The van der Waals surface area contributed by atoms with Gasteiger partial charge in [0.2, 0.25) is 0 Å². The van der Waals surface area contributed by atoms with Crippen molar-refractivity contribution in [1.82, 2.24) is 0 Å². The Hall–Kier alpha value is 0.211. The van der Waals surface area contributed by atoms with Gasteiger partial charge >= 0.3 is 0 Å². The molecule has 0 rings (SSSR count). The van der Waals surface area contributed by atoms with E-state index in [1.807, 2.05) is 0 Å². The van der Waals surface area contributed by atoms with Gasteiger partial charge in [-0.3, -0.25) is 0 Å². The van der Waals surface area contributed by atoms with Crippen molar-refractivity contribution in [1.29, 1.82) is 0 Å². The lowest BCUT2D eigenvalue weighted by atomic mass is 10.8. The summed E-state index contributed by atoms with van der Waals surface area (Å²) in [6.45, 7) is 0. The van der Waals surface area contributed by atoms with Gasteiger partial charge in [-0.15, -0.1) is 12.3 Å². The average Bonchev–Trinajstić information content (AvgIpc) is 1.35. The van der Waals surface area contributed by atoms with E-state index in [0.29, 0.717) is 4.28 Å². The summed E-state index contributed by atoms with van der Waals surface area (Å²) >= 11 is 0. The van der Waals surface area contributed by atoms with E-state index in [4.69, 9.17) is 6.42 Å². The zero-order chi connectivity index (χ0) is 5.21. The van der Waals surface area contributed by atoms with Crippen molar-refractivity contribution in [2.24, 2.45) is 0 Å². The molecule has 0 bridgehead atoms. The van der Waals surface area contributed by atoms with Crippen LogP contribution < -0.4 is 0 Å². The molecule has 0 atom stereocenters. The Kier molecular flexibility index (Phi) is 1.84. The molecule has 0 unspecified atom stereocenters. The Balaban J connectivity index is 3.55. The van der Waals surface area contributed by atoms with E-state index in [1.54, 1.807) is 0 Å². The summed E-state index contributed by atoms with van der Waals surface area (Å²) in [5.41, 5.74) is 0. The van der Waals surface area contributed by atoms with Gasteiger partial charge in [-0.25, -0.2) is 0 Å². The van der Waals surface area contributed by atoms with Crippen molar-refractivity contribution in [2.75, 3.05) is 0 Å². The standard InChI is InChI=1S/C3H10Si3/c1-2-3(4,5)6/h1H,4-6H3. The van der Waals surface area contributed by atoms with Crippen LogP contribution in [-0.4, -0.2) is 30.7 Å². The predicted molar refractivity (Wildman–Crippen MR) is 41.3 cm³/mol. The molecule has 0 aromatic rings. The molecule has 0 aromatic heterocycles. The summed E-state index contributed by atoms with van der Waals surface area (Å²) in [6.07, 6.45) is 5.16. The Morgan fingerprint density at radius 1 is 1.33 bits per heavy atom. The maximum atomic E-state index is 5.16. The van der Waals surface area contributed by atoms with Crippen molar-refractivity contribution in [3.8, 4) is 12.3 Å². The summed E-state index contributed by atoms with van der Waals surface area (Å²) in [5, 5.41) is 0. The zero-order valence-electron chi connectivity index (χ0n) is 4.58. The first kappa shape index (κ1) is 6.21. The van der Waals surface area contributed by atoms with Crippen molar-refractivity contribution < 1.29 is 0 Å². The van der Waals surface area contributed by atoms with Gasteiger partial charge in [0.1, 0.15) is 0 Å². The fraction of sp³-hybridized carbons (Fsp3) is 0.333. The summed E-state index contributed by atoms with van der Waals surface area (Å²) in [6, 6.07) is 0. The Morgan fingerprint density at radius 2 is 1.50 bits per heavy atom. The summed E-state index contributed by atoms with van der Waals surface area (Å²) in [7, 11) is 3.65. The van der Waals surface area contributed by atoms with E-state index in [0.717, 1.165) is 0 Å². The summed E-state index contributed by atoms with van der Waals surface area (Å²) in [4.78, 5) is 0. The molecule has 0 fully saturated rings. The monoisotopic (exact) mass is 130 g/mol. The Morgan fingerprint density at radius 3 is 1.50 bits per heavy atom. The molecule has 0 saturated heterocycles. The fourth-order valence-electron chi connectivity index (χ4n) is 0. The van der Waals surface area contributed by atoms with Gasteiger partial charge in [0.05, 0.1) is 0 Å². The highest BCUT2D eigenvalue weighted by atomic mass is 28.3. The molecule has 0 aliphatic carbocycles. The van der Waals surface area contributed by atoms with Crippen LogP contribution in [-0.2, 0) is 0 Å². The molecule has 0 saturated carbocycles. The van der Waals surface area contributed by atoms with Crippen LogP contribution in [0, 0.1) is 12.3 Å². The van der Waals surface area contributed by atoms with Gasteiger partial charge in [0.25, 0.3) is 0 Å². The highest BCUT2D eigenvalue weighted by Gasteiger charge is 2.01. The lowest BCUT2D eigenvalue weighted by Crippen LogP contribution is -2.07. The van der Waals surface area contributed by atoms with Gasteiger partial charge < -0.3 is 0 Å². The van der Waals surface area contributed by atoms with Gasteiger partial charge in [0, 0.05) is 30.7 Å². The average molecular weight is 130 g/mol. The molecule has 0 nitrogen and oxygen atoms in total. The SMILES string of the molecule is C#CC([SiH3])([SiH3])[SiH3]. The van der Waals surface area contributed by atoms with Crippen LogP contribution in [0.15, 0.2) is 0 Å². The molecule has 0 amide bonds. The molecule has 0 N–H and O–H groups in total. The largest absolute Gasteiger partial charge is 0.121 e. The first-order chi connectivity index (χ1) is 2.56. The minimum absolute atomic E-state index is 0.486. The molecule has 0 aliphatic heterocycles. The molecule has 34 valence electrons. The van der Waals surface area contributed by atoms with Crippen molar-refractivity contribution in [3.05, 3.63) is 0 Å². The minimum atomic E-state index is 0.486. The van der Waals surface area contributed by atoms with Crippen LogP contribution in [0.3, 0.4) is 0 Å². The lowest BCUT2D eigenvalue weighted by molar-refractivity contribution is 1.53. The Labute approximate surface area is 48.0 Å². The molecule has 0 spiro atoms. The predicted octanol–water partition coefficient (Wildman–Crippen LogP) is -3.21. The van der Waals surface area contributed by atoms with Crippen molar-refractivity contribution >= 4 is 30.7 Å². The van der Waals surface area contributed by atoms with Crippen LogP contribution in [0.4, 0.5) is 0 Å². The van der Waals surface area contributed by atoms with Crippen LogP contribution >= 0.6 is 0 Å². The number of terminal acetylenes is 1. The molecular formula is C3H10Si3. The topological polar surface area (TPSA) is 0 Å². The van der Waals surface area contributed by atoms with Gasteiger partial charge in [-0.05, 0) is 4.28 Å². The second-order valence-corrected chi connectivity index (χ2v) is 15.9. The van der Waals surface area contributed by atoms with Crippen molar-refractivity contribution in [2.45, 2.75) is 4.28 Å².